The Labute approximate surface area is 119 Å². The van der Waals surface area contributed by atoms with E-state index in [2.05, 4.69) is 9.98 Å². The molecule has 104 valence electrons. The third-order valence-electron chi connectivity index (χ3n) is 2.53. The molecule has 0 aliphatic rings. The van der Waals surface area contributed by atoms with Gasteiger partial charge in [0.25, 0.3) is 0 Å². The van der Waals surface area contributed by atoms with Crippen LogP contribution in [-0.4, -0.2) is 24.4 Å². The van der Waals surface area contributed by atoms with Crippen molar-refractivity contribution in [3.8, 4) is 11.6 Å². The van der Waals surface area contributed by atoms with E-state index in [9.17, 15) is 0 Å². The van der Waals surface area contributed by atoms with Gasteiger partial charge >= 0.3 is 0 Å². The van der Waals surface area contributed by atoms with Gasteiger partial charge < -0.3 is 9.47 Å². The average Bonchev–Trinajstić information content (AvgIpc) is 2.46. The van der Waals surface area contributed by atoms with Gasteiger partial charge in [0.15, 0.2) is 0 Å². The minimum Gasteiger partial charge on any atom is -0.497 e. The summed E-state index contributed by atoms with van der Waals surface area (Å²) in [6.07, 6.45) is 3.63. The molecule has 0 spiro atoms. The molecule has 1 heterocycles. The molecule has 20 heavy (non-hydrogen) atoms. The van der Waals surface area contributed by atoms with E-state index in [1.54, 1.807) is 19.5 Å². The number of methoxy groups -OCH3 is 1. The Morgan fingerprint density at radius 3 is 2.70 bits per heavy atom. The number of hydrogen-bond acceptors (Lipinski definition) is 4. The normalized spacial score (nSPS) is 11.0. The van der Waals surface area contributed by atoms with Crippen molar-refractivity contribution in [2.24, 2.45) is 4.99 Å². The van der Waals surface area contributed by atoms with E-state index in [-0.39, 0.29) is 6.10 Å². The molecular formula is C16H18N2O2. The van der Waals surface area contributed by atoms with Crippen LogP contribution in [0.5, 0.6) is 11.6 Å². The number of pyridine rings is 1. The topological polar surface area (TPSA) is 43.7 Å². The Kier molecular flexibility index (Phi) is 4.71. The summed E-state index contributed by atoms with van der Waals surface area (Å²) in [6, 6.07) is 11.4. The van der Waals surface area contributed by atoms with Gasteiger partial charge in [-0.05, 0) is 32.0 Å². The van der Waals surface area contributed by atoms with Crippen molar-refractivity contribution >= 4 is 11.9 Å². The molecule has 4 heteroatoms. The molecule has 0 N–H and O–H groups in total. The van der Waals surface area contributed by atoms with Gasteiger partial charge in [-0.15, -0.1) is 0 Å². The number of rotatable bonds is 5. The highest BCUT2D eigenvalue weighted by Crippen LogP contribution is 2.19. The van der Waals surface area contributed by atoms with Crippen LogP contribution in [0.2, 0.25) is 0 Å². The number of aliphatic imine (C=N–C) groups is 1. The fourth-order valence-electron chi connectivity index (χ4n) is 1.62. The molecule has 0 aliphatic heterocycles. The Hall–Kier alpha value is -2.36. The Balaban J connectivity index is 2.07. The molecule has 0 bridgehead atoms. The fraction of sp³-hybridized carbons (Fsp3) is 0.250. The van der Waals surface area contributed by atoms with Crippen molar-refractivity contribution in [1.82, 2.24) is 4.98 Å². The molecule has 0 fully saturated rings. The second kappa shape index (κ2) is 6.70. The van der Waals surface area contributed by atoms with E-state index in [0.717, 1.165) is 17.0 Å². The van der Waals surface area contributed by atoms with Gasteiger partial charge in [0.2, 0.25) is 5.88 Å². The van der Waals surface area contributed by atoms with Gasteiger partial charge in [-0.25, -0.2) is 4.98 Å². The highest BCUT2D eigenvalue weighted by Gasteiger charge is 1.98. The van der Waals surface area contributed by atoms with Crippen LogP contribution < -0.4 is 9.47 Å². The van der Waals surface area contributed by atoms with Crippen molar-refractivity contribution in [3.05, 3.63) is 48.2 Å². The predicted molar refractivity (Wildman–Crippen MR) is 80.2 cm³/mol. The number of nitrogens with zero attached hydrogens (tertiary/aromatic N) is 2. The zero-order valence-electron chi connectivity index (χ0n) is 11.9. The first-order valence-corrected chi connectivity index (χ1v) is 6.48. The highest BCUT2D eigenvalue weighted by molar-refractivity contribution is 5.81. The van der Waals surface area contributed by atoms with Crippen LogP contribution in [0, 0.1) is 0 Å². The van der Waals surface area contributed by atoms with E-state index in [1.807, 2.05) is 50.2 Å². The van der Waals surface area contributed by atoms with Gasteiger partial charge in [0.1, 0.15) is 5.75 Å². The summed E-state index contributed by atoms with van der Waals surface area (Å²) < 4.78 is 10.6. The summed E-state index contributed by atoms with van der Waals surface area (Å²) in [5.41, 5.74) is 1.76. The monoisotopic (exact) mass is 270 g/mol. The molecule has 2 aromatic rings. The minimum absolute atomic E-state index is 0.124. The maximum atomic E-state index is 5.49. The van der Waals surface area contributed by atoms with Crippen LogP contribution in [0.4, 0.5) is 5.69 Å². The van der Waals surface area contributed by atoms with Crippen molar-refractivity contribution in [1.29, 1.82) is 0 Å². The van der Waals surface area contributed by atoms with Gasteiger partial charge in [0.05, 0.1) is 18.9 Å². The van der Waals surface area contributed by atoms with Crippen LogP contribution in [-0.2, 0) is 0 Å². The van der Waals surface area contributed by atoms with Crippen LogP contribution in [0.25, 0.3) is 0 Å². The van der Waals surface area contributed by atoms with Crippen LogP contribution in [0.1, 0.15) is 19.4 Å². The van der Waals surface area contributed by atoms with Crippen molar-refractivity contribution in [3.63, 3.8) is 0 Å². The first kappa shape index (κ1) is 14.1. The smallest absolute Gasteiger partial charge is 0.213 e. The van der Waals surface area contributed by atoms with Crippen molar-refractivity contribution in [2.75, 3.05) is 7.11 Å². The van der Waals surface area contributed by atoms with Gasteiger partial charge in [0, 0.05) is 30.1 Å². The zero-order chi connectivity index (χ0) is 14.4. The van der Waals surface area contributed by atoms with Gasteiger partial charge in [-0.1, -0.05) is 6.07 Å². The zero-order valence-corrected chi connectivity index (χ0v) is 11.9. The predicted octanol–water partition coefficient (Wildman–Crippen LogP) is 3.63. The molecule has 0 saturated carbocycles. The lowest BCUT2D eigenvalue weighted by Crippen LogP contribution is -2.06. The summed E-state index contributed by atoms with van der Waals surface area (Å²) in [5, 5.41) is 0. The summed E-state index contributed by atoms with van der Waals surface area (Å²) >= 11 is 0. The summed E-state index contributed by atoms with van der Waals surface area (Å²) in [5.74, 6) is 1.41. The molecule has 0 unspecified atom stereocenters. The number of hydrogen-bond donors (Lipinski definition) is 0. The summed E-state index contributed by atoms with van der Waals surface area (Å²) in [6.45, 7) is 3.94. The molecule has 1 aromatic heterocycles. The van der Waals surface area contributed by atoms with E-state index in [1.165, 1.54) is 0 Å². The molecule has 4 nitrogen and oxygen atoms in total. The van der Waals surface area contributed by atoms with Crippen LogP contribution in [0.15, 0.2) is 47.6 Å². The third kappa shape index (κ3) is 4.09. The lowest BCUT2D eigenvalue weighted by molar-refractivity contribution is 0.232. The number of aromatic nitrogens is 1. The summed E-state index contributed by atoms with van der Waals surface area (Å²) in [4.78, 5) is 8.62. The van der Waals surface area contributed by atoms with E-state index in [4.69, 9.17) is 9.47 Å². The van der Waals surface area contributed by atoms with E-state index in [0.29, 0.717) is 5.88 Å². The molecule has 1 aromatic carbocycles. The second-order valence-electron chi connectivity index (χ2n) is 4.56. The third-order valence-corrected chi connectivity index (χ3v) is 2.53. The van der Waals surface area contributed by atoms with Gasteiger partial charge in [-0.2, -0.15) is 0 Å². The Morgan fingerprint density at radius 2 is 2.05 bits per heavy atom. The molecule has 2 rings (SSSR count). The maximum Gasteiger partial charge on any atom is 0.213 e. The first-order chi connectivity index (χ1) is 9.67. The molecular weight excluding hydrogens is 252 g/mol. The van der Waals surface area contributed by atoms with Gasteiger partial charge in [-0.3, -0.25) is 4.99 Å². The molecule has 0 atom stereocenters. The van der Waals surface area contributed by atoms with Crippen LogP contribution >= 0.6 is 0 Å². The lowest BCUT2D eigenvalue weighted by atomic mass is 10.3. The second-order valence-corrected chi connectivity index (χ2v) is 4.56. The Bertz CT molecular complexity index is 577. The number of benzene rings is 1. The molecule has 0 radical (unpaired) electrons. The quantitative estimate of drug-likeness (QED) is 0.779. The SMILES string of the molecule is COc1cccc(/N=C/c2ccc(OC(C)C)nc2)c1. The average molecular weight is 270 g/mol. The molecule has 0 aliphatic carbocycles. The largest absolute Gasteiger partial charge is 0.497 e. The summed E-state index contributed by atoms with van der Waals surface area (Å²) in [7, 11) is 1.64. The molecule has 0 amide bonds. The lowest BCUT2D eigenvalue weighted by Gasteiger charge is -2.07. The Morgan fingerprint density at radius 1 is 1.20 bits per heavy atom. The van der Waals surface area contributed by atoms with Crippen LogP contribution in [0.3, 0.4) is 0 Å². The van der Waals surface area contributed by atoms with E-state index < -0.39 is 0 Å². The van der Waals surface area contributed by atoms with E-state index >= 15 is 0 Å². The number of ether oxygens (including phenoxy) is 2. The first-order valence-electron chi connectivity index (χ1n) is 6.48. The highest BCUT2D eigenvalue weighted by atomic mass is 16.5. The minimum atomic E-state index is 0.124. The van der Waals surface area contributed by atoms with Crippen molar-refractivity contribution < 1.29 is 9.47 Å². The van der Waals surface area contributed by atoms with Crippen molar-refractivity contribution in [2.45, 2.75) is 20.0 Å². The fourth-order valence-corrected chi connectivity index (χ4v) is 1.62. The molecule has 0 saturated heterocycles. The maximum absolute atomic E-state index is 5.49. The standard InChI is InChI=1S/C16H18N2O2/c1-12(2)20-16-8-7-13(11-18-16)10-17-14-5-4-6-15(9-14)19-3/h4-12H,1-3H3/b17-10+.